The Labute approximate surface area is 189 Å². The molecule has 0 bridgehead atoms. The number of aromatic nitrogens is 3. The van der Waals surface area contributed by atoms with E-state index in [4.69, 9.17) is 16.3 Å². The lowest BCUT2D eigenvalue weighted by Gasteiger charge is -2.05. The van der Waals surface area contributed by atoms with Gasteiger partial charge in [-0.15, -0.1) is 11.3 Å². The molecule has 0 saturated carbocycles. The molecule has 158 valence electrons. The van der Waals surface area contributed by atoms with Crippen molar-refractivity contribution in [2.45, 2.75) is 20.4 Å². The monoisotopic (exact) mass is 452 g/mol. The molecule has 0 aliphatic rings. The summed E-state index contributed by atoms with van der Waals surface area (Å²) < 4.78 is 7.04. The molecule has 0 saturated heterocycles. The lowest BCUT2D eigenvalue weighted by molar-refractivity contribution is 0.102. The van der Waals surface area contributed by atoms with Crippen LogP contribution in [-0.2, 0) is 6.54 Å². The number of amides is 1. The zero-order valence-corrected chi connectivity index (χ0v) is 18.9. The summed E-state index contributed by atoms with van der Waals surface area (Å²) in [4.78, 5) is 17.5. The van der Waals surface area contributed by atoms with Crippen molar-refractivity contribution in [2.75, 3.05) is 12.4 Å². The van der Waals surface area contributed by atoms with E-state index in [-0.39, 0.29) is 5.91 Å². The standard InChI is InChI=1S/C23H21ClN4O2S/c1-14-8-10-16(11-9-14)12-28-21(24)20(15(2)27-28)22(29)26-23-25-18(13-31-23)17-6-4-5-7-19(17)30-3/h4-11,13H,12H2,1-3H3,(H,25,26,29). The summed E-state index contributed by atoms with van der Waals surface area (Å²) >= 11 is 7.86. The summed E-state index contributed by atoms with van der Waals surface area (Å²) in [5.74, 6) is 0.389. The molecular formula is C23H21ClN4O2S. The first kappa shape index (κ1) is 21.1. The summed E-state index contributed by atoms with van der Waals surface area (Å²) in [6, 6.07) is 15.7. The van der Waals surface area contributed by atoms with Crippen LogP contribution in [0.5, 0.6) is 5.75 Å². The largest absolute Gasteiger partial charge is 0.496 e. The summed E-state index contributed by atoms with van der Waals surface area (Å²) in [5, 5.41) is 9.96. The minimum atomic E-state index is -0.335. The molecule has 4 rings (SSSR count). The third kappa shape index (κ3) is 4.47. The van der Waals surface area contributed by atoms with Gasteiger partial charge in [0.25, 0.3) is 5.91 Å². The van der Waals surface area contributed by atoms with Crippen LogP contribution in [-0.4, -0.2) is 27.8 Å². The highest BCUT2D eigenvalue weighted by atomic mass is 35.5. The number of ether oxygens (including phenoxy) is 1. The first-order chi connectivity index (χ1) is 15.0. The normalized spacial score (nSPS) is 10.8. The number of halogens is 1. The van der Waals surface area contributed by atoms with Crippen LogP contribution in [0, 0.1) is 13.8 Å². The molecule has 1 amide bonds. The van der Waals surface area contributed by atoms with Crippen LogP contribution in [0.3, 0.4) is 0 Å². The van der Waals surface area contributed by atoms with Gasteiger partial charge < -0.3 is 4.74 Å². The Bertz CT molecular complexity index is 1230. The number of carbonyl (C=O) groups excluding carboxylic acids is 1. The quantitative estimate of drug-likeness (QED) is 0.414. The minimum absolute atomic E-state index is 0.303. The van der Waals surface area contributed by atoms with Crippen molar-refractivity contribution in [2.24, 2.45) is 0 Å². The Morgan fingerprint density at radius 2 is 1.90 bits per heavy atom. The fourth-order valence-electron chi connectivity index (χ4n) is 3.25. The third-order valence-electron chi connectivity index (χ3n) is 4.85. The Balaban J connectivity index is 1.53. The molecule has 0 aliphatic heterocycles. The second-order valence-corrected chi connectivity index (χ2v) is 8.30. The van der Waals surface area contributed by atoms with Gasteiger partial charge in [0, 0.05) is 10.9 Å². The molecule has 4 aromatic rings. The van der Waals surface area contributed by atoms with Gasteiger partial charge in [-0.25, -0.2) is 9.67 Å². The van der Waals surface area contributed by atoms with Gasteiger partial charge in [0.15, 0.2) is 5.13 Å². The maximum atomic E-state index is 12.9. The van der Waals surface area contributed by atoms with Gasteiger partial charge in [0.1, 0.15) is 10.9 Å². The lowest BCUT2D eigenvalue weighted by Crippen LogP contribution is -2.13. The number of anilines is 1. The Kier molecular flexibility index (Phi) is 6.06. The topological polar surface area (TPSA) is 69.0 Å². The molecule has 6 nitrogen and oxygen atoms in total. The van der Waals surface area contributed by atoms with Crippen molar-refractivity contribution >= 4 is 34.0 Å². The van der Waals surface area contributed by atoms with Crippen molar-refractivity contribution in [3.8, 4) is 17.0 Å². The second kappa shape index (κ2) is 8.91. The van der Waals surface area contributed by atoms with Gasteiger partial charge >= 0.3 is 0 Å². The maximum absolute atomic E-state index is 12.9. The van der Waals surface area contributed by atoms with Crippen molar-refractivity contribution in [3.05, 3.63) is 81.4 Å². The number of thiazole rings is 1. The number of hydrogen-bond acceptors (Lipinski definition) is 5. The van der Waals surface area contributed by atoms with Crippen LogP contribution in [0.25, 0.3) is 11.3 Å². The molecule has 2 aromatic carbocycles. The van der Waals surface area contributed by atoms with Crippen molar-refractivity contribution < 1.29 is 9.53 Å². The number of nitrogens with zero attached hydrogens (tertiary/aromatic N) is 3. The first-order valence-corrected chi connectivity index (χ1v) is 10.9. The Morgan fingerprint density at radius 1 is 1.16 bits per heavy atom. The van der Waals surface area contributed by atoms with Crippen molar-refractivity contribution in [1.82, 2.24) is 14.8 Å². The van der Waals surface area contributed by atoms with Gasteiger partial charge in [-0.05, 0) is 31.5 Å². The van der Waals surface area contributed by atoms with Crippen LogP contribution < -0.4 is 10.1 Å². The van der Waals surface area contributed by atoms with E-state index >= 15 is 0 Å². The van der Waals surface area contributed by atoms with E-state index in [1.54, 1.807) is 18.7 Å². The summed E-state index contributed by atoms with van der Waals surface area (Å²) in [7, 11) is 1.62. The SMILES string of the molecule is COc1ccccc1-c1csc(NC(=O)c2c(C)nn(Cc3ccc(C)cc3)c2Cl)n1. The molecular weight excluding hydrogens is 432 g/mol. The van der Waals surface area contributed by atoms with E-state index in [2.05, 4.69) is 15.4 Å². The molecule has 0 radical (unpaired) electrons. The highest BCUT2D eigenvalue weighted by Crippen LogP contribution is 2.32. The molecule has 31 heavy (non-hydrogen) atoms. The number of benzene rings is 2. The average molecular weight is 453 g/mol. The number of para-hydroxylation sites is 1. The van der Waals surface area contributed by atoms with E-state index in [1.165, 1.54) is 16.9 Å². The van der Waals surface area contributed by atoms with Crippen LogP contribution in [0.2, 0.25) is 5.15 Å². The van der Waals surface area contributed by atoms with E-state index in [0.29, 0.717) is 28.1 Å². The van der Waals surface area contributed by atoms with E-state index in [1.807, 2.05) is 60.8 Å². The molecule has 8 heteroatoms. The zero-order valence-electron chi connectivity index (χ0n) is 17.3. The minimum Gasteiger partial charge on any atom is -0.496 e. The van der Waals surface area contributed by atoms with Crippen molar-refractivity contribution in [1.29, 1.82) is 0 Å². The molecule has 0 fully saturated rings. The highest BCUT2D eigenvalue weighted by molar-refractivity contribution is 7.14. The number of hydrogen-bond donors (Lipinski definition) is 1. The smallest absolute Gasteiger partial charge is 0.262 e. The Morgan fingerprint density at radius 3 is 2.65 bits per heavy atom. The fourth-order valence-corrected chi connectivity index (χ4v) is 4.28. The van der Waals surface area contributed by atoms with Crippen LogP contribution in [0.4, 0.5) is 5.13 Å². The molecule has 1 N–H and O–H groups in total. The van der Waals surface area contributed by atoms with Crippen LogP contribution in [0.1, 0.15) is 27.2 Å². The van der Waals surface area contributed by atoms with E-state index in [9.17, 15) is 4.79 Å². The van der Waals surface area contributed by atoms with Gasteiger partial charge in [0.2, 0.25) is 0 Å². The van der Waals surface area contributed by atoms with E-state index in [0.717, 1.165) is 22.6 Å². The summed E-state index contributed by atoms with van der Waals surface area (Å²) in [5.41, 5.74) is 4.75. The molecule has 0 spiro atoms. The van der Waals surface area contributed by atoms with Gasteiger partial charge in [-0.1, -0.05) is 53.6 Å². The number of methoxy groups -OCH3 is 1. The number of nitrogens with one attached hydrogen (secondary N) is 1. The fraction of sp³-hybridized carbons (Fsp3) is 0.174. The summed E-state index contributed by atoms with van der Waals surface area (Å²) in [6.45, 7) is 4.30. The molecule has 2 aromatic heterocycles. The van der Waals surface area contributed by atoms with Crippen LogP contribution >= 0.6 is 22.9 Å². The average Bonchev–Trinajstić information content (AvgIpc) is 3.33. The van der Waals surface area contributed by atoms with Gasteiger partial charge in [-0.2, -0.15) is 5.10 Å². The molecule has 0 aliphatic carbocycles. The first-order valence-electron chi connectivity index (χ1n) is 9.65. The molecule has 2 heterocycles. The zero-order chi connectivity index (χ0) is 22.0. The predicted octanol–water partition coefficient (Wildman–Crippen LogP) is 5.59. The predicted molar refractivity (Wildman–Crippen MR) is 124 cm³/mol. The molecule has 0 atom stereocenters. The van der Waals surface area contributed by atoms with Crippen LogP contribution in [0.15, 0.2) is 53.9 Å². The van der Waals surface area contributed by atoms with Gasteiger partial charge in [0.05, 0.1) is 30.6 Å². The number of rotatable bonds is 6. The van der Waals surface area contributed by atoms with Gasteiger partial charge in [-0.3, -0.25) is 10.1 Å². The van der Waals surface area contributed by atoms with Crippen molar-refractivity contribution in [3.63, 3.8) is 0 Å². The lowest BCUT2D eigenvalue weighted by atomic mass is 10.1. The number of carbonyl (C=O) groups is 1. The number of aryl methyl sites for hydroxylation is 2. The van der Waals surface area contributed by atoms with E-state index < -0.39 is 0 Å². The maximum Gasteiger partial charge on any atom is 0.262 e. The molecule has 0 unspecified atom stereocenters. The highest BCUT2D eigenvalue weighted by Gasteiger charge is 2.22. The summed E-state index contributed by atoms with van der Waals surface area (Å²) in [6.07, 6.45) is 0. The Hall–Kier alpha value is -3.16. The second-order valence-electron chi connectivity index (χ2n) is 7.09. The third-order valence-corrected chi connectivity index (χ3v) is 5.99.